The van der Waals surface area contributed by atoms with Gasteiger partial charge in [-0.15, -0.1) is 0 Å². The van der Waals surface area contributed by atoms with Gasteiger partial charge < -0.3 is 5.32 Å². The van der Waals surface area contributed by atoms with E-state index in [9.17, 15) is 0 Å². The Bertz CT molecular complexity index is 1160. The highest BCUT2D eigenvalue weighted by Gasteiger charge is 2.09. The summed E-state index contributed by atoms with van der Waals surface area (Å²) >= 11 is 6.00. The number of fused-ring (bicyclic) bond motifs is 1. The summed E-state index contributed by atoms with van der Waals surface area (Å²) in [6, 6.07) is 21.3. The fourth-order valence-corrected chi connectivity index (χ4v) is 3.18. The molecule has 4 aromatic rings. The zero-order valence-electron chi connectivity index (χ0n) is 15.6. The second-order valence-corrected chi connectivity index (χ2v) is 7.04. The predicted molar refractivity (Wildman–Crippen MR) is 116 cm³/mol. The molecule has 29 heavy (non-hydrogen) atoms. The molecule has 142 valence electrons. The van der Waals surface area contributed by atoms with Crippen LogP contribution in [0.25, 0.3) is 22.3 Å². The van der Waals surface area contributed by atoms with Crippen LogP contribution in [0.2, 0.25) is 5.02 Å². The minimum Gasteiger partial charge on any atom is -0.369 e. The van der Waals surface area contributed by atoms with Crippen molar-refractivity contribution in [2.75, 3.05) is 11.9 Å². The SMILES string of the molecule is N#Cc1ccc(CCCNc2nc(-c3ccc(Cl)cc3)nc3ccccc23)nc1. The molecule has 2 aromatic heterocycles. The molecule has 0 aliphatic carbocycles. The molecule has 0 saturated carbocycles. The topological polar surface area (TPSA) is 74.5 Å². The molecule has 0 radical (unpaired) electrons. The lowest BCUT2D eigenvalue weighted by Crippen LogP contribution is -2.07. The van der Waals surface area contributed by atoms with Crippen molar-refractivity contribution in [1.82, 2.24) is 15.0 Å². The Morgan fingerprint density at radius 3 is 2.55 bits per heavy atom. The van der Waals surface area contributed by atoms with Gasteiger partial charge in [-0.25, -0.2) is 9.97 Å². The Morgan fingerprint density at radius 1 is 0.966 bits per heavy atom. The molecule has 0 atom stereocenters. The van der Waals surface area contributed by atoms with Crippen molar-refractivity contribution in [2.45, 2.75) is 12.8 Å². The number of para-hydroxylation sites is 1. The summed E-state index contributed by atoms with van der Waals surface area (Å²) in [7, 11) is 0. The Kier molecular flexibility index (Phi) is 5.64. The number of benzene rings is 2. The summed E-state index contributed by atoms with van der Waals surface area (Å²) < 4.78 is 0. The highest BCUT2D eigenvalue weighted by Crippen LogP contribution is 2.25. The van der Waals surface area contributed by atoms with Crippen LogP contribution in [0.15, 0.2) is 66.9 Å². The third-order valence-corrected chi connectivity index (χ3v) is 4.81. The van der Waals surface area contributed by atoms with Gasteiger partial charge in [0.25, 0.3) is 0 Å². The van der Waals surface area contributed by atoms with E-state index in [1.54, 1.807) is 12.3 Å². The number of nitrogens with one attached hydrogen (secondary N) is 1. The van der Waals surface area contributed by atoms with Crippen LogP contribution in [0.1, 0.15) is 17.7 Å². The molecule has 4 rings (SSSR count). The van der Waals surface area contributed by atoms with Crippen molar-refractivity contribution < 1.29 is 0 Å². The molecular formula is C23H18ClN5. The van der Waals surface area contributed by atoms with Crippen molar-refractivity contribution in [3.8, 4) is 17.5 Å². The van der Waals surface area contributed by atoms with Crippen molar-refractivity contribution >= 4 is 28.3 Å². The van der Waals surface area contributed by atoms with Gasteiger partial charge in [0.2, 0.25) is 0 Å². The van der Waals surface area contributed by atoms with E-state index in [2.05, 4.69) is 16.4 Å². The first-order chi connectivity index (χ1) is 14.2. The molecule has 0 aliphatic heterocycles. The van der Waals surface area contributed by atoms with Gasteiger partial charge in [-0.3, -0.25) is 4.98 Å². The summed E-state index contributed by atoms with van der Waals surface area (Å²) in [5, 5.41) is 14.0. The van der Waals surface area contributed by atoms with Crippen LogP contribution in [-0.2, 0) is 6.42 Å². The Labute approximate surface area is 174 Å². The van der Waals surface area contributed by atoms with Crippen molar-refractivity contribution in [2.24, 2.45) is 0 Å². The average molecular weight is 400 g/mol. The van der Waals surface area contributed by atoms with Gasteiger partial charge in [0.1, 0.15) is 11.9 Å². The van der Waals surface area contributed by atoms with E-state index in [4.69, 9.17) is 26.8 Å². The summed E-state index contributed by atoms with van der Waals surface area (Å²) in [4.78, 5) is 13.8. The van der Waals surface area contributed by atoms with Gasteiger partial charge in [0.15, 0.2) is 5.82 Å². The number of halogens is 1. The average Bonchev–Trinajstić information content (AvgIpc) is 2.77. The van der Waals surface area contributed by atoms with Gasteiger partial charge in [-0.05, 0) is 61.4 Å². The van der Waals surface area contributed by atoms with Crippen molar-refractivity contribution in [1.29, 1.82) is 5.26 Å². The summed E-state index contributed by atoms with van der Waals surface area (Å²) in [6.07, 6.45) is 3.33. The van der Waals surface area contributed by atoms with E-state index >= 15 is 0 Å². The van der Waals surface area contributed by atoms with Crippen LogP contribution in [0.4, 0.5) is 5.82 Å². The van der Waals surface area contributed by atoms with Gasteiger partial charge in [-0.2, -0.15) is 5.26 Å². The third-order valence-electron chi connectivity index (χ3n) is 4.56. The fourth-order valence-electron chi connectivity index (χ4n) is 3.05. The third kappa shape index (κ3) is 4.50. The van der Waals surface area contributed by atoms with Crippen LogP contribution in [0, 0.1) is 11.3 Å². The molecule has 1 N–H and O–H groups in total. The molecule has 0 fully saturated rings. The number of rotatable bonds is 6. The first kappa shape index (κ1) is 18.9. The van der Waals surface area contributed by atoms with Crippen molar-refractivity contribution in [3.05, 3.63) is 83.1 Å². The molecule has 5 nitrogen and oxygen atoms in total. The molecule has 0 aliphatic rings. The molecule has 0 amide bonds. The number of anilines is 1. The number of hydrogen-bond acceptors (Lipinski definition) is 5. The normalized spacial score (nSPS) is 10.6. The second kappa shape index (κ2) is 8.68. The van der Waals surface area contributed by atoms with Crippen LogP contribution >= 0.6 is 11.6 Å². The van der Waals surface area contributed by atoms with Crippen LogP contribution in [0.3, 0.4) is 0 Å². The Hall–Kier alpha value is -3.49. The van der Waals surface area contributed by atoms with E-state index in [1.165, 1.54) is 0 Å². The highest BCUT2D eigenvalue weighted by atomic mass is 35.5. The number of nitrogens with zero attached hydrogens (tertiary/aromatic N) is 4. The molecule has 6 heteroatoms. The fraction of sp³-hybridized carbons (Fsp3) is 0.130. The summed E-state index contributed by atoms with van der Waals surface area (Å²) in [5.41, 5.74) is 3.36. The lowest BCUT2D eigenvalue weighted by Gasteiger charge is -2.11. The second-order valence-electron chi connectivity index (χ2n) is 6.60. The Balaban J connectivity index is 1.51. The highest BCUT2D eigenvalue weighted by molar-refractivity contribution is 6.30. The number of hydrogen-bond donors (Lipinski definition) is 1. The van der Waals surface area contributed by atoms with Crippen LogP contribution < -0.4 is 5.32 Å². The Morgan fingerprint density at radius 2 is 1.79 bits per heavy atom. The summed E-state index contributed by atoms with van der Waals surface area (Å²) in [6.45, 7) is 0.753. The number of aryl methyl sites for hydroxylation is 1. The zero-order valence-corrected chi connectivity index (χ0v) is 16.4. The molecule has 2 heterocycles. The van der Waals surface area contributed by atoms with Crippen LogP contribution in [0.5, 0.6) is 0 Å². The molecule has 2 aromatic carbocycles. The smallest absolute Gasteiger partial charge is 0.162 e. The molecule has 0 bridgehead atoms. The first-order valence-corrected chi connectivity index (χ1v) is 9.72. The lowest BCUT2D eigenvalue weighted by atomic mass is 10.1. The first-order valence-electron chi connectivity index (χ1n) is 9.34. The van der Waals surface area contributed by atoms with Crippen molar-refractivity contribution in [3.63, 3.8) is 0 Å². The quantitative estimate of drug-likeness (QED) is 0.447. The van der Waals surface area contributed by atoms with Gasteiger partial charge in [-0.1, -0.05) is 23.7 Å². The van der Waals surface area contributed by atoms with Gasteiger partial charge in [0, 0.05) is 34.4 Å². The number of nitriles is 1. The summed E-state index contributed by atoms with van der Waals surface area (Å²) in [5.74, 6) is 1.48. The van der Waals surface area contributed by atoms with E-state index in [0.717, 1.165) is 47.4 Å². The maximum absolute atomic E-state index is 8.85. The number of pyridine rings is 1. The van der Waals surface area contributed by atoms with E-state index < -0.39 is 0 Å². The minimum absolute atomic E-state index is 0.578. The van der Waals surface area contributed by atoms with E-state index in [0.29, 0.717) is 16.4 Å². The molecule has 0 spiro atoms. The predicted octanol–water partition coefficient (Wildman–Crippen LogP) is 5.26. The van der Waals surface area contributed by atoms with Gasteiger partial charge in [0.05, 0.1) is 11.1 Å². The minimum atomic E-state index is 0.578. The largest absolute Gasteiger partial charge is 0.369 e. The monoisotopic (exact) mass is 399 g/mol. The van der Waals surface area contributed by atoms with Crippen LogP contribution in [-0.4, -0.2) is 21.5 Å². The zero-order chi connectivity index (χ0) is 20.1. The van der Waals surface area contributed by atoms with E-state index in [1.807, 2.05) is 54.6 Å². The maximum Gasteiger partial charge on any atom is 0.162 e. The maximum atomic E-state index is 8.85. The molecule has 0 unspecified atom stereocenters. The standard InChI is InChI=1S/C23H18ClN5/c24-18-10-8-17(9-11-18)22-28-21-6-2-1-5-20(21)23(29-22)26-13-3-4-19-12-7-16(14-25)15-27-19/h1-2,5-12,15H,3-4,13H2,(H,26,28,29). The molecule has 0 saturated heterocycles. The van der Waals surface area contributed by atoms with Gasteiger partial charge >= 0.3 is 0 Å². The number of aromatic nitrogens is 3. The van der Waals surface area contributed by atoms with E-state index in [-0.39, 0.29) is 0 Å². The molecular weight excluding hydrogens is 382 g/mol. The lowest BCUT2D eigenvalue weighted by molar-refractivity contribution is 0.833.